The molecule has 0 spiro atoms. The fourth-order valence-electron chi connectivity index (χ4n) is 4.48. The Morgan fingerprint density at radius 1 is 0.553 bits per heavy atom. The van der Waals surface area contributed by atoms with Gasteiger partial charge < -0.3 is 0 Å². The van der Waals surface area contributed by atoms with E-state index in [9.17, 15) is 9.59 Å². The van der Waals surface area contributed by atoms with Crippen molar-refractivity contribution in [3.05, 3.63) is 155 Å². The number of hydrogen-bond acceptors (Lipinski definition) is 3. The van der Waals surface area contributed by atoms with Crippen molar-refractivity contribution in [2.24, 2.45) is 0 Å². The summed E-state index contributed by atoms with van der Waals surface area (Å²) in [6.07, 6.45) is 0. The van der Waals surface area contributed by atoms with E-state index in [1.165, 1.54) is 0 Å². The number of nitrogens with one attached hydrogen (secondary N) is 1. The van der Waals surface area contributed by atoms with Crippen molar-refractivity contribution in [1.29, 1.82) is 0 Å². The summed E-state index contributed by atoms with van der Waals surface area (Å²) in [6, 6.07) is 44.0. The van der Waals surface area contributed by atoms with E-state index in [1.54, 1.807) is 36.4 Å². The van der Waals surface area contributed by atoms with E-state index in [0.717, 1.165) is 15.2 Å². The Balaban J connectivity index is 1.59. The van der Waals surface area contributed by atoms with Crippen LogP contribution in [0.1, 0.15) is 20.7 Å². The second-order valence-electron chi connectivity index (χ2n) is 8.68. The van der Waals surface area contributed by atoms with Gasteiger partial charge in [0.05, 0.1) is 0 Å². The molecule has 6 heteroatoms. The van der Waals surface area contributed by atoms with Gasteiger partial charge in [0.15, 0.2) is 0 Å². The van der Waals surface area contributed by atoms with Gasteiger partial charge in [0.2, 0.25) is 0 Å². The van der Waals surface area contributed by atoms with Gasteiger partial charge in [-0.3, -0.25) is 0 Å². The number of hydrogen-bond donors (Lipinski definition) is 1. The zero-order chi connectivity index (χ0) is 26.4. The first kappa shape index (κ1) is 25.9. The quantitative estimate of drug-likeness (QED) is 0.232. The summed E-state index contributed by atoms with van der Waals surface area (Å²) in [5.41, 5.74) is 1.12. The number of carbonyl (C=O) groups excluding carboxylic acids is 2. The molecular weight excluding hydrogens is 645 g/mol. The molecule has 186 valence electrons. The Labute approximate surface area is 234 Å². The predicted octanol–water partition coefficient (Wildman–Crippen LogP) is 5.53. The molecule has 0 radical (unpaired) electrons. The molecule has 0 aliphatic rings. The van der Waals surface area contributed by atoms with Crippen molar-refractivity contribution in [2.75, 3.05) is 5.32 Å². The van der Waals surface area contributed by atoms with Crippen molar-refractivity contribution in [2.45, 2.75) is 0 Å². The van der Waals surface area contributed by atoms with Crippen LogP contribution >= 0.6 is 15.9 Å². The molecule has 38 heavy (non-hydrogen) atoms. The molecule has 0 aliphatic heterocycles. The number of halogens is 1. The molecule has 4 nitrogen and oxygen atoms in total. The minimum absolute atomic E-state index is 0.228. The maximum atomic E-state index is 14.0. The van der Waals surface area contributed by atoms with Gasteiger partial charge in [-0.25, -0.2) is 0 Å². The molecule has 5 aromatic carbocycles. The molecule has 0 saturated carbocycles. The molecule has 0 fully saturated rings. The van der Waals surface area contributed by atoms with Crippen LogP contribution in [0.3, 0.4) is 0 Å². The van der Waals surface area contributed by atoms with Crippen molar-refractivity contribution in [1.82, 2.24) is 0 Å². The molecule has 1 N–H and O–H groups in total. The predicted molar refractivity (Wildman–Crippen MR) is 158 cm³/mol. The Morgan fingerprint density at radius 2 is 0.974 bits per heavy atom. The first-order chi connectivity index (χ1) is 18.6. The normalized spacial score (nSPS) is 11.0. The van der Waals surface area contributed by atoms with Crippen LogP contribution < -0.4 is 16.1 Å². The van der Waals surface area contributed by atoms with Gasteiger partial charge in [-0.05, 0) is 0 Å². The van der Waals surface area contributed by atoms with Crippen LogP contribution in [-0.2, 0) is 3.07 Å². The summed E-state index contributed by atoms with van der Waals surface area (Å²) in [7, 11) is 0. The molecule has 0 aliphatic carbocycles. The molecule has 0 saturated heterocycles. The average Bonchev–Trinajstić information content (AvgIpc) is 2.98. The van der Waals surface area contributed by atoms with Crippen molar-refractivity contribution >= 4 is 63.0 Å². The monoisotopic (exact) mass is 669 g/mol. The van der Waals surface area contributed by atoms with Crippen molar-refractivity contribution < 1.29 is 12.7 Å². The Hall–Kier alpha value is -3.68. The van der Waals surface area contributed by atoms with Gasteiger partial charge in [-0.15, -0.1) is 0 Å². The Bertz CT molecular complexity index is 1450. The molecule has 5 rings (SSSR count). The fourth-order valence-corrected chi connectivity index (χ4v) is 15.4. The van der Waals surface area contributed by atoms with E-state index >= 15 is 0 Å². The van der Waals surface area contributed by atoms with E-state index in [0.29, 0.717) is 5.69 Å². The first-order valence-corrected chi connectivity index (χ1v) is 18.4. The van der Waals surface area contributed by atoms with Crippen LogP contribution in [0, 0.1) is 0 Å². The van der Waals surface area contributed by atoms with E-state index in [1.807, 2.05) is 103 Å². The average molecular weight is 669 g/mol. The van der Waals surface area contributed by atoms with Crippen LogP contribution in [0.4, 0.5) is 5.69 Å². The fraction of sp³-hybridized carbons (Fsp3) is 0. The van der Waals surface area contributed by atoms with Gasteiger partial charge in [-0.1, -0.05) is 0 Å². The molecule has 0 heterocycles. The summed E-state index contributed by atoms with van der Waals surface area (Å²) >= 11 is -0.941. The molecule has 0 atom stereocenters. The SMILES string of the molecule is O=C(Nc1ccc(Br)cc1)c1ccccc1C(=O)[O][Sn]([c]1ccccc1)([c]1ccccc1)[c]1ccccc1. The number of amides is 1. The number of carbonyl (C=O) groups is 2. The molecule has 0 bridgehead atoms. The first-order valence-electron chi connectivity index (χ1n) is 12.1. The minimum atomic E-state index is -4.35. The number of benzene rings is 5. The summed E-state index contributed by atoms with van der Waals surface area (Å²) in [4.78, 5) is 27.3. The van der Waals surface area contributed by atoms with Gasteiger partial charge in [0.1, 0.15) is 0 Å². The number of anilines is 1. The summed E-state index contributed by atoms with van der Waals surface area (Å²) in [6.45, 7) is 0. The topological polar surface area (TPSA) is 55.4 Å². The standard InChI is InChI=1S/C14H10BrNO3.3C6H5.Sn/c15-9-5-7-10(8-6-9)16-13(17)11-3-1-2-4-12(11)14(18)19;3*1-2-4-6-5-3-1;/h1-8H,(H,16,17)(H,18,19);3*1-5H;/q;;;;+1/p-1. The van der Waals surface area contributed by atoms with Gasteiger partial charge in [0.25, 0.3) is 0 Å². The molecule has 0 aromatic heterocycles. The summed E-state index contributed by atoms with van der Waals surface area (Å²) < 4.78 is 10.6. The second kappa shape index (κ2) is 11.8. The zero-order valence-electron chi connectivity index (χ0n) is 20.4. The summed E-state index contributed by atoms with van der Waals surface area (Å²) in [5, 5.41) is 2.89. The van der Waals surface area contributed by atoms with Gasteiger partial charge >= 0.3 is 236 Å². The number of rotatable bonds is 7. The Kier molecular flexibility index (Phi) is 8.05. The third kappa shape index (κ3) is 5.44. The Morgan fingerprint density at radius 3 is 1.45 bits per heavy atom. The molecular formula is C32H24BrNO3Sn. The van der Waals surface area contributed by atoms with Crippen LogP contribution in [0.5, 0.6) is 0 Å². The second-order valence-corrected chi connectivity index (χ2v) is 19.0. The van der Waals surface area contributed by atoms with Crippen LogP contribution in [0.25, 0.3) is 0 Å². The zero-order valence-corrected chi connectivity index (χ0v) is 24.8. The van der Waals surface area contributed by atoms with Crippen LogP contribution in [0.2, 0.25) is 0 Å². The van der Waals surface area contributed by atoms with Crippen molar-refractivity contribution in [3.8, 4) is 0 Å². The maximum absolute atomic E-state index is 14.0. The summed E-state index contributed by atoms with van der Waals surface area (Å²) in [5.74, 6) is -0.890. The van der Waals surface area contributed by atoms with Gasteiger partial charge in [-0.2, -0.15) is 0 Å². The van der Waals surface area contributed by atoms with Gasteiger partial charge in [0, 0.05) is 0 Å². The molecule has 5 aromatic rings. The third-order valence-corrected chi connectivity index (χ3v) is 18.0. The van der Waals surface area contributed by atoms with Crippen LogP contribution in [-0.4, -0.2) is 30.7 Å². The van der Waals surface area contributed by atoms with E-state index in [2.05, 4.69) is 21.2 Å². The van der Waals surface area contributed by atoms with E-state index in [-0.39, 0.29) is 17.0 Å². The van der Waals surface area contributed by atoms with E-state index < -0.39 is 24.8 Å². The molecule has 0 unspecified atom stereocenters. The van der Waals surface area contributed by atoms with E-state index in [4.69, 9.17) is 3.07 Å². The molecule has 1 amide bonds. The third-order valence-electron chi connectivity index (χ3n) is 6.28. The van der Waals surface area contributed by atoms with Crippen molar-refractivity contribution in [3.63, 3.8) is 0 Å². The van der Waals surface area contributed by atoms with Crippen LogP contribution in [0.15, 0.2) is 144 Å².